The first kappa shape index (κ1) is 22.2. The summed E-state index contributed by atoms with van der Waals surface area (Å²) in [6, 6.07) is 19.5. The Morgan fingerprint density at radius 2 is 1.74 bits per heavy atom. The fourth-order valence-corrected chi connectivity index (χ4v) is 5.63. The highest BCUT2D eigenvalue weighted by Crippen LogP contribution is 2.36. The predicted octanol–water partition coefficient (Wildman–Crippen LogP) is 3.79. The van der Waals surface area contributed by atoms with Gasteiger partial charge in [-0.15, -0.1) is 0 Å². The van der Waals surface area contributed by atoms with Crippen LogP contribution >= 0.6 is 0 Å². The highest BCUT2D eigenvalue weighted by Gasteiger charge is 2.48. The van der Waals surface area contributed by atoms with E-state index in [0.717, 1.165) is 11.1 Å². The molecule has 5 atom stereocenters. The van der Waals surface area contributed by atoms with Crippen LogP contribution in [0.25, 0.3) is 0 Å². The molecule has 2 saturated heterocycles. The molecular formula is C24H28O6S. The van der Waals surface area contributed by atoms with Gasteiger partial charge in [-0.3, -0.25) is 0 Å². The van der Waals surface area contributed by atoms with Gasteiger partial charge in [-0.05, 0) is 12.5 Å². The smallest absolute Gasteiger partial charge is 0.184 e. The van der Waals surface area contributed by atoms with Crippen LogP contribution in [-0.2, 0) is 35.4 Å². The van der Waals surface area contributed by atoms with Crippen LogP contribution in [-0.4, -0.2) is 44.5 Å². The zero-order valence-corrected chi connectivity index (χ0v) is 18.4. The molecule has 2 aliphatic rings. The highest BCUT2D eigenvalue weighted by atomic mass is 32.2. The van der Waals surface area contributed by atoms with E-state index in [2.05, 4.69) is 6.58 Å². The highest BCUT2D eigenvalue weighted by molar-refractivity contribution is 7.92. The maximum atomic E-state index is 12.9. The van der Waals surface area contributed by atoms with Crippen LogP contribution in [0.4, 0.5) is 0 Å². The van der Waals surface area contributed by atoms with Gasteiger partial charge in [-0.25, -0.2) is 8.42 Å². The minimum Gasteiger partial charge on any atom is -0.371 e. The van der Waals surface area contributed by atoms with Crippen LogP contribution < -0.4 is 0 Å². The number of rotatable bonds is 7. The van der Waals surface area contributed by atoms with Crippen molar-refractivity contribution in [2.24, 2.45) is 0 Å². The van der Waals surface area contributed by atoms with Crippen LogP contribution in [0.2, 0.25) is 0 Å². The van der Waals surface area contributed by atoms with Gasteiger partial charge in [0.05, 0.1) is 25.1 Å². The third-order valence-corrected chi connectivity index (χ3v) is 7.40. The number of ether oxygens (including phenoxy) is 4. The Labute approximate surface area is 183 Å². The normalized spacial score (nSPS) is 28.6. The van der Waals surface area contributed by atoms with E-state index < -0.39 is 39.9 Å². The molecule has 0 aromatic heterocycles. The molecule has 0 spiro atoms. The van der Waals surface area contributed by atoms with Crippen molar-refractivity contribution in [2.45, 2.75) is 50.0 Å². The van der Waals surface area contributed by atoms with E-state index >= 15 is 0 Å². The number of hydrogen-bond donors (Lipinski definition) is 0. The van der Waals surface area contributed by atoms with E-state index in [9.17, 15) is 8.42 Å². The zero-order valence-electron chi connectivity index (χ0n) is 17.6. The van der Waals surface area contributed by atoms with Gasteiger partial charge in [0.2, 0.25) is 0 Å². The number of sulfone groups is 1. The summed E-state index contributed by atoms with van der Waals surface area (Å²) in [4.78, 5) is 0. The second kappa shape index (κ2) is 9.63. The van der Waals surface area contributed by atoms with Crippen molar-refractivity contribution in [1.82, 2.24) is 0 Å². The van der Waals surface area contributed by atoms with Gasteiger partial charge in [0.15, 0.2) is 21.6 Å². The quantitative estimate of drug-likeness (QED) is 0.605. The maximum Gasteiger partial charge on any atom is 0.184 e. The molecule has 0 N–H and O–H groups in total. The average Bonchev–Trinajstić information content (AvgIpc) is 2.77. The van der Waals surface area contributed by atoms with E-state index in [1.165, 1.54) is 0 Å². The molecule has 2 heterocycles. The molecule has 0 bridgehead atoms. The Kier molecular flexibility index (Phi) is 6.89. The van der Waals surface area contributed by atoms with E-state index in [0.29, 0.717) is 12.2 Å². The van der Waals surface area contributed by atoms with E-state index in [1.807, 2.05) is 60.7 Å². The minimum atomic E-state index is -3.53. The maximum absolute atomic E-state index is 12.9. The van der Waals surface area contributed by atoms with Crippen LogP contribution in [0.3, 0.4) is 0 Å². The second-order valence-corrected chi connectivity index (χ2v) is 10.3. The van der Waals surface area contributed by atoms with Crippen LogP contribution in [0.1, 0.15) is 30.8 Å². The van der Waals surface area contributed by atoms with E-state index in [1.54, 1.807) is 6.92 Å². The van der Waals surface area contributed by atoms with Gasteiger partial charge in [-0.1, -0.05) is 72.8 Å². The molecule has 0 aliphatic carbocycles. The fourth-order valence-electron chi connectivity index (χ4n) is 3.96. The molecule has 0 amide bonds. The predicted molar refractivity (Wildman–Crippen MR) is 117 cm³/mol. The lowest BCUT2D eigenvalue weighted by molar-refractivity contribution is -0.308. The lowest BCUT2D eigenvalue weighted by Crippen LogP contribution is -2.57. The molecule has 166 valence electrons. The summed E-state index contributed by atoms with van der Waals surface area (Å²) in [5, 5.41) is 0. The van der Waals surface area contributed by atoms with Crippen LogP contribution in [0, 0.1) is 0 Å². The zero-order chi connectivity index (χ0) is 21.8. The van der Waals surface area contributed by atoms with Crippen molar-refractivity contribution in [2.75, 3.05) is 12.4 Å². The monoisotopic (exact) mass is 444 g/mol. The Bertz CT molecular complexity index is 976. The third kappa shape index (κ3) is 5.42. The first-order valence-electron chi connectivity index (χ1n) is 10.4. The van der Waals surface area contributed by atoms with Gasteiger partial charge in [0.25, 0.3) is 0 Å². The van der Waals surface area contributed by atoms with Crippen molar-refractivity contribution in [3.05, 3.63) is 83.9 Å². The molecule has 7 heteroatoms. The summed E-state index contributed by atoms with van der Waals surface area (Å²) >= 11 is 0. The van der Waals surface area contributed by atoms with Crippen molar-refractivity contribution in [3.63, 3.8) is 0 Å². The second-order valence-electron chi connectivity index (χ2n) is 8.12. The first-order chi connectivity index (χ1) is 14.9. The molecule has 1 unspecified atom stereocenters. The summed E-state index contributed by atoms with van der Waals surface area (Å²) in [5.41, 5.74) is 1.51. The summed E-state index contributed by atoms with van der Waals surface area (Å²) in [6.45, 7) is 6.03. The van der Waals surface area contributed by atoms with Gasteiger partial charge >= 0.3 is 0 Å². The van der Waals surface area contributed by atoms with Crippen molar-refractivity contribution >= 4 is 9.84 Å². The van der Waals surface area contributed by atoms with Crippen LogP contribution in [0.5, 0.6) is 0 Å². The average molecular weight is 445 g/mol. The third-order valence-electron chi connectivity index (χ3n) is 5.40. The molecule has 4 rings (SSSR count). The Hall–Kier alpha value is -2.03. The Balaban J connectivity index is 1.54. The van der Waals surface area contributed by atoms with Crippen molar-refractivity contribution < 1.29 is 27.4 Å². The lowest BCUT2D eigenvalue weighted by Gasteiger charge is -2.45. The van der Waals surface area contributed by atoms with Gasteiger partial charge in [-0.2, -0.15) is 0 Å². The van der Waals surface area contributed by atoms with Crippen LogP contribution in [0.15, 0.2) is 72.8 Å². The lowest BCUT2D eigenvalue weighted by atomic mass is 10.0. The number of hydrogen-bond acceptors (Lipinski definition) is 6. The van der Waals surface area contributed by atoms with Gasteiger partial charge < -0.3 is 18.9 Å². The van der Waals surface area contributed by atoms with Gasteiger partial charge in [0, 0.05) is 12.0 Å². The van der Waals surface area contributed by atoms with Crippen molar-refractivity contribution in [3.8, 4) is 0 Å². The summed E-state index contributed by atoms with van der Waals surface area (Å²) in [7, 11) is -3.53. The Morgan fingerprint density at radius 1 is 1.06 bits per heavy atom. The topological polar surface area (TPSA) is 71.1 Å². The summed E-state index contributed by atoms with van der Waals surface area (Å²) in [6.07, 6.45) is -1.75. The molecule has 2 aromatic rings. The molecule has 0 radical (unpaired) electrons. The SMILES string of the molecule is C=C(C)CS(=O)(=O)C1C[C@@H](OCc2ccccc2)[C@@H]2O[C@H](c3ccccc3)OC[C@H]2O1. The van der Waals surface area contributed by atoms with E-state index in [-0.39, 0.29) is 18.8 Å². The number of fused-ring (bicyclic) bond motifs is 1. The summed E-state index contributed by atoms with van der Waals surface area (Å²) in [5.74, 6) is -0.116. The van der Waals surface area contributed by atoms with E-state index in [4.69, 9.17) is 18.9 Å². The molecule has 31 heavy (non-hydrogen) atoms. The Morgan fingerprint density at radius 3 is 2.42 bits per heavy atom. The molecule has 2 fully saturated rings. The summed E-state index contributed by atoms with van der Waals surface area (Å²) < 4.78 is 50.0. The molecule has 6 nitrogen and oxygen atoms in total. The molecule has 2 aliphatic heterocycles. The first-order valence-corrected chi connectivity index (χ1v) is 12.1. The molecule has 0 saturated carbocycles. The standard InChI is InChI=1S/C24H28O6S/c1-17(2)16-31(25,26)22-13-20(27-14-18-9-5-3-6-10-18)23-21(29-22)15-28-24(30-23)19-11-7-4-8-12-19/h3-12,20-24H,1,13-16H2,2H3/t20-,21-,22?,23+,24-/m1/s1. The molecule has 2 aromatic carbocycles. The molecular weight excluding hydrogens is 416 g/mol. The minimum absolute atomic E-state index is 0.116. The largest absolute Gasteiger partial charge is 0.371 e. The van der Waals surface area contributed by atoms with Gasteiger partial charge in [0.1, 0.15) is 12.2 Å². The fraction of sp³-hybridized carbons (Fsp3) is 0.417. The van der Waals surface area contributed by atoms with Crippen molar-refractivity contribution in [1.29, 1.82) is 0 Å². The number of benzene rings is 2.